The summed E-state index contributed by atoms with van der Waals surface area (Å²) in [5.41, 5.74) is 5.37. The quantitative estimate of drug-likeness (QED) is 0.342. The van der Waals surface area contributed by atoms with Crippen LogP contribution in [0.1, 0.15) is 64.3 Å². The van der Waals surface area contributed by atoms with E-state index in [1.54, 1.807) is 31.1 Å². The van der Waals surface area contributed by atoms with Crippen LogP contribution in [0.2, 0.25) is 0 Å². The van der Waals surface area contributed by atoms with Crippen LogP contribution in [0, 0.1) is 0 Å². The van der Waals surface area contributed by atoms with E-state index < -0.39 is 11.9 Å². The minimum absolute atomic E-state index is 0.0729. The van der Waals surface area contributed by atoms with Gasteiger partial charge in [0, 0.05) is 42.1 Å². The smallest absolute Gasteiger partial charge is 0.337 e. The lowest BCUT2D eigenvalue weighted by atomic mass is 9.81. The highest BCUT2D eigenvalue weighted by atomic mass is 16.5. The first-order valence-corrected chi connectivity index (χ1v) is 13.0. The molecule has 0 spiro atoms. The molecule has 0 unspecified atom stereocenters. The van der Waals surface area contributed by atoms with Crippen molar-refractivity contribution in [3.63, 3.8) is 0 Å². The molecule has 0 aliphatic heterocycles. The van der Waals surface area contributed by atoms with Gasteiger partial charge in [-0.15, -0.1) is 0 Å². The van der Waals surface area contributed by atoms with Crippen molar-refractivity contribution in [1.82, 2.24) is 14.5 Å². The predicted octanol–water partition coefficient (Wildman–Crippen LogP) is 5.50. The van der Waals surface area contributed by atoms with E-state index in [4.69, 9.17) is 9.47 Å². The summed E-state index contributed by atoms with van der Waals surface area (Å²) < 4.78 is 12.1. The molecular weight excluding hydrogens is 482 g/mol. The van der Waals surface area contributed by atoms with Gasteiger partial charge in [-0.05, 0) is 54.7 Å². The first kappa shape index (κ1) is 25.6. The van der Waals surface area contributed by atoms with E-state index in [2.05, 4.69) is 4.98 Å². The number of benzene rings is 2. The van der Waals surface area contributed by atoms with Crippen molar-refractivity contribution in [2.45, 2.75) is 44.6 Å². The monoisotopic (exact) mass is 515 g/mol. The predicted molar refractivity (Wildman–Crippen MR) is 146 cm³/mol. The molecule has 0 atom stereocenters. The molecule has 4 aromatic rings. The van der Waals surface area contributed by atoms with Crippen LogP contribution in [0.5, 0.6) is 0 Å². The van der Waals surface area contributed by atoms with Crippen LogP contribution in [-0.2, 0) is 20.8 Å². The number of ether oxygens (including phenoxy) is 2. The summed E-state index contributed by atoms with van der Waals surface area (Å²) in [6, 6.07) is 11.2. The number of esters is 2. The van der Waals surface area contributed by atoms with Crippen LogP contribution < -0.4 is 0 Å². The molecule has 8 nitrogen and oxygen atoms in total. The SMILES string of the molecule is COC(=O)c1cc(-c2c(C3CCCCC3)c3ccc(C(=O)OC)cc3n2CC(=O)N(C)C)c2cc[nH]c2c1. The van der Waals surface area contributed by atoms with Crippen LogP contribution in [0.15, 0.2) is 42.6 Å². The minimum Gasteiger partial charge on any atom is -0.465 e. The fraction of sp³-hybridized carbons (Fsp3) is 0.367. The number of carbonyl (C=O) groups excluding carboxylic acids is 3. The number of aromatic nitrogens is 2. The molecule has 1 aliphatic rings. The molecule has 5 rings (SSSR count). The maximum Gasteiger partial charge on any atom is 0.337 e. The molecule has 198 valence electrons. The van der Waals surface area contributed by atoms with Crippen LogP contribution in [-0.4, -0.2) is 60.6 Å². The van der Waals surface area contributed by atoms with E-state index in [1.807, 2.05) is 35.0 Å². The van der Waals surface area contributed by atoms with E-state index in [-0.39, 0.29) is 18.4 Å². The fourth-order valence-electron chi connectivity index (χ4n) is 5.76. The average molecular weight is 516 g/mol. The number of nitrogens with zero attached hydrogens (tertiary/aromatic N) is 2. The molecule has 1 amide bonds. The summed E-state index contributed by atoms with van der Waals surface area (Å²) in [5, 5.41) is 1.96. The number of H-pyrrole nitrogens is 1. The zero-order valence-corrected chi connectivity index (χ0v) is 22.3. The minimum atomic E-state index is -0.430. The first-order valence-electron chi connectivity index (χ1n) is 13.0. The zero-order valence-electron chi connectivity index (χ0n) is 22.3. The van der Waals surface area contributed by atoms with E-state index in [0.717, 1.165) is 64.3 Å². The summed E-state index contributed by atoms with van der Waals surface area (Å²) in [5.74, 6) is -0.644. The molecule has 2 aromatic heterocycles. The van der Waals surface area contributed by atoms with Gasteiger partial charge in [-0.3, -0.25) is 4.79 Å². The van der Waals surface area contributed by atoms with Crippen molar-refractivity contribution in [2.75, 3.05) is 28.3 Å². The second-order valence-electron chi connectivity index (χ2n) is 10.1. The Hall–Kier alpha value is -4.07. The Balaban J connectivity index is 1.90. The van der Waals surface area contributed by atoms with Crippen molar-refractivity contribution in [2.24, 2.45) is 0 Å². The topological polar surface area (TPSA) is 93.6 Å². The van der Waals surface area contributed by atoms with Crippen LogP contribution in [0.3, 0.4) is 0 Å². The maximum atomic E-state index is 13.2. The number of fused-ring (bicyclic) bond motifs is 2. The third kappa shape index (κ3) is 4.44. The van der Waals surface area contributed by atoms with Crippen LogP contribution in [0.4, 0.5) is 0 Å². The Morgan fingerprint density at radius 3 is 2.32 bits per heavy atom. The van der Waals surface area contributed by atoms with Crippen LogP contribution in [0.25, 0.3) is 33.1 Å². The lowest BCUT2D eigenvalue weighted by Gasteiger charge is -2.24. The highest BCUT2D eigenvalue weighted by molar-refractivity contribution is 6.06. The fourth-order valence-corrected chi connectivity index (χ4v) is 5.76. The van der Waals surface area contributed by atoms with Crippen molar-refractivity contribution >= 4 is 39.7 Å². The number of methoxy groups -OCH3 is 2. The Morgan fingerprint density at radius 1 is 0.921 bits per heavy atom. The van der Waals surface area contributed by atoms with Crippen LogP contribution >= 0.6 is 0 Å². The van der Waals surface area contributed by atoms with E-state index in [1.165, 1.54) is 20.6 Å². The first-order chi connectivity index (χ1) is 18.3. The highest BCUT2D eigenvalue weighted by Gasteiger charge is 2.29. The lowest BCUT2D eigenvalue weighted by molar-refractivity contribution is -0.129. The largest absolute Gasteiger partial charge is 0.465 e. The normalized spacial score (nSPS) is 14.1. The summed E-state index contributed by atoms with van der Waals surface area (Å²) in [7, 11) is 6.20. The average Bonchev–Trinajstić information content (AvgIpc) is 3.54. The molecule has 1 aliphatic carbocycles. The van der Waals surface area contributed by atoms with E-state index >= 15 is 0 Å². The molecule has 2 heterocycles. The van der Waals surface area contributed by atoms with Gasteiger partial charge >= 0.3 is 11.9 Å². The summed E-state index contributed by atoms with van der Waals surface area (Å²) in [6.07, 6.45) is 7.41. The summed E-state index contributed by atoms with van der Waals surface area (Å²) >= 11 is 0. The van der Waals surface area contributed by atoms with Gasteiger partial charge in [0.05, 0.1) is 36.6 Å². The molecule has 0 bridgehead atoms. The number of likely N-dealkylation sites (N-methyl/N-ethyl adjacent to an activating group) is 1. The third-order valence-corrected chi connectivity index (χ3v) is 7.68. The van der Waals surface area contributed by atoms with Gasteiger partial charge in [0.25, 0.3) is 0 Å². The van der Waals surface area contributed by atoms with Crippen molar-refractivity contribution < 1.29 is 23.9 Å². The molecular formula is C30H33N3O5. The van der Waals surface area contributed by atoms with Gasteiger partial charge in [0.2, 0.25) is 5.91 Å². The van der Waals surface area contributed by atoms with Gasteiger partial charge in [-0.1, -0.05) is 25.3 Å². The molecule has 2 aromatic carbocycles. The summed E-state index contributed by atoms with van der Waals surface area (Å²) in [4.78, 5) is 43.1. The maximum absolute atomic E-state index is 13.2. The van der Waals surface area contributed by atoms with Gasteiger partial charge in [0.1, 0.15) is 6.54 Å². The Kier molecular flexibility index (Phi) is 6.97. The number of nitrogens with one attached hydrogen (secondary N) is 1. The van der Waals surface area contributed by atoms with Gasteiger partial charge in [0.15, 0.2) is 0 Å². The molecule has 0 saturated heterocycles. The number of aromatic amines is 1. The number of rotatable bonds is 6. The Bertz CT molecular complexity index is 1540. The molecule has 0 radical (unpaired) electrons. The third-order valence-electron chi connectivity index (χ3n) is 7.68. The second kappa shape index (κ2) is 10.4. The number of amides is 1. The van der Waals surface area contributed by atoms with E-state index in [0.29, 0.717) is 11.1 Å². The summed E-state index contributed by atoms with van der Waals surface area (Å²) in [6.45, 7) is 0.0878. The number of hydrogen-bond donors (Lipinski definition) is 1. The van der Waals surface area contributed by atoms with Gasteiger partial charge < -0.3 is 23.9 Å². The number of carbonyl (C=O) groups is 3. The van der Waals surface area contributed by atoms with Crippen molar-refractivity contribution in [3.8, 4) is 11.3 Å². The molecule has 1 N–H and O–H groups in total. The second-order valence-corrected chi connectivity index (χ2v) is 10.1. The Labute approximate surface area is 221 Å². The number of hydrogen-bond acceptors (Lipinski definition) is 5. The molecule has 1 fully saturated rings. The standard InChI is InChI=1S/C30H33N3O5/c1-32(2)26(34)17-33-25-16-19(29(35)37-3)10-11-22(25)27(18-8-6-5-7-9-18)28(33)23-14-20(30(36)38-4)15-24-21(23)12-13-31-24/h10-16,18,31H,5-9,17H2,1-4H3. The highest BCUT2D eigenvalue weighted by Crippen LogP contribution is 2.46. The molecule has 38 heavy (non-hydrogen) atoms. The lowest BCUT2D eigenvalue weighted by Crippen LogP contribution is -2.26. The van der Waals surface area contributed by atoms with Gasteiger partial charge in [-0.25, -0.2) is 9.59 Å². The van der Waals surface area contributed by atoms with E-state index in [9.17, 15) is 14.4 Å². The molecule has 1 saturated carbocycles. The van der Waals surface area contributed by atoms with Gasteiger partial charge in [-0.2, -0.15) is 0 Å². The van der Waals surface area contributed by atoms with Crippen molar-refractivity contribution in [3.05, 3.63) is 59.3 Å². The zero-order chi connectivity index (χ0) is 27.0. The molecule has 8 heteroatoms. The Morgan fingerprint density at radius 2 is 1.63 bits per heavy atom. The van der Waals surface area contributed by atoms with Crippen molar-refractivity contribution in [1.29, 1.82) is 0 Å².